The first-order valence-electron chi connectivity index (χ1n) is 7.14. The summed E-state index contributed by atoms with van der Waals surface area (Å²) in [5.41, 5.74) is -2.81. The Morgan fingerprint density at radius 3 is 2.21 bits per heavy atom. The fraction of sp³-hybridized carbons (Fsp3) is 0.571. The van der Waals surface area contributed by atoms with Crippen LogP contribution in [0.15, 0.2) is 0 Å². The Labute approximate surface area is 137 Å². The van der Waals surface area contributed by atoms with Crippen LogP contribution < -0.4 is 0 Å². The van der Waals surface area contributed by atoms with Crippen molar-refractivity contribution in [3.05, 3.63) is 22.4 Å². The second kappa shape index (κ2) is 4.50. The Hall–Kier alpha value is -1.64. The zero-order valence-corrected chi connectivity index (χ0v) is 13.0. The number of aromatic nitrogens is 4. The van der Waals surface area contributed by atoms with E-state index in [4.69, 9.17) is 11.6 Å². The van der Waals surface area contributed by atoms with Gasteiger partial charge in [-0.2, -0.15) is 18.2 Å². The molecule has 2 heterocycles. The lowest BCUT2D eigenvalue weighted by atomic mass is 9.34. The van der Waals surface area contributed by atoms with E-state index in [0.717, 1.165) is 0 Å². The highest BCUT2D eigenvalue weighted by molar-refractivity contribution is 6.28. The predicted octanol–water partition coefficient (Wildman–Crippen LogP) is 4.30. The minimum atomic E-state index is -4.28. The van der Waals surface area contributed by atoms with E-state index in [-0.39, 0.29) is 47.1 Å². The zero-order chi connectivity index (χ0) is 17.5. The molecular weight excluding hydrogens is 355 g/mol. The fourth-order valence-electron chi connectivity index (χ4n) is 3.93. The molecule has 0 aliphatic heterocycles. The molecule has 0 spiro atoms. The van der Waals surface area contributed by atoms with Crippen molar-refractivity contribution in [1.29, 1.82) is 0 Å². The summed E-state index contributed by atoms with van der Waals surface area (Å²) >= 11 is 5.85. The zero-order valence-electron chi connectivity index (χ0n) is 12.3. The molecule has 3 fully saturated rings. The van der Waals surface area contributed by atoms with Crippen LogP contribution >= 0.6 is 11.6 Å². The van der Waals surface area contributed by atoms with Crippen molar-refractivity contribution in [2.45, 2.75) is 44.2 Å². The molecule has 2 aromatic rings. The van der Waals surface area contributed by atoms with E-state index in [0.29, 0.717) is 0 Å². The second-order valence-electron chi connectivity index (χ2n) is 6.60. The van der Waals surface area contributed by atoms with E-state index >= 15 is 0 Å². The van der Waals surface area contributed by atoms with Gasteiger partial charge in [-0.3, -0.25) is 0 Å². The van der Waals surface area contributed by atoms with Gasteiger partial charge in [0.25, 0.3) is 6.43 Å². The van der Waals surface area contributed by atoms with Crippen LogP contribution in [-0.2, 0) is 5.41 Å². The van der Waals surface area contributed by atoms with Gasteiger partial charge in [-0.15, -0.1) is 0 Å². The van der Waals surface area contributed by atoms with Crippen molar-refractivity contribution >= 4 is 22.8 Å². The van der Waals surface area contributed by atoms with Gasteiger partial charge in [-0.05, 0) is 37.8 Å². The molecule has 3 saturated carbocycles. The first-order valence-corrected chi connectivity index (χ1v) is 7.52. The topological polar surface area (TPSA) is 51.6 Å². The van der Waals surface area contributed by atoms with Crippen LogP contribution in [-0.4, -0.2) is 26.1 Å². The molecule has 4 nitrogen and oxygen atoms in total. The molecule has 0 aromatic carbocycles. The van der Waals surface area contributed by atoms with Gasteiger partial charge in [0.2, 0.25) is 5.28 Å². The second-order valence-corrected chi connectivity index (χ2v) is 6.94. The fourth-order valence-corrected chi connectivity index (χ4v) is 4.10. The number of rotatable bonds is 2. The normalized spacial score (nSPS) is 28.8. The molecule has 24 heavy (non-hydrogen) atoms. The lowest BCUT2D eigenvalue weighted by Gasteiger charge is -2.70. The molecule has 3 aliphatic rings. The minimum Gasteiger partial charge on any atom is -0.240 e. The lowest BCUT2D eigenvalue weighted by molar-refractivity contribution is -0.337. The summed E-state index contributed by atoms with van der Waals surface area (Å²) < 4.78 is 65.3. The molecule has 3 aliphatic carbocycles. The number of nitrogens with zero attached hydrogens (tertiary/aromatic N) is 4. The van der Waals surface area contributed by atoms with Crippen molar-refractivity contribution in [3.63, 3.8) is 0 Å². The van der Waals surface area contributed by atoms with Crippen LogP contribution in [0.25, 0.3) is 11.2 Å². The molecule has 128 valence electrons. The van der Waals surface area contributed by atoms with E-state index in [1.807, 2.05) is 0 Å². The molecule has 0 atom stereocenters. The largest absolute Gasteiger partial charge is 0.394 e. The number of alkyl halides is 5. The third-order valence-corrected chi connectivity index (χ3v) is 5.22. The van der Waals surface area contributed by atoms with Crippen LogP contribution in [0.2, 0.25) is 5.28 Å². The van der Waals surface area contributed by atoms with Gasteiger partial charge in [0, 0.05) is 5.41 Å². The van der Waals surface area contributed by atoms with Gasteiger partial charge in [0.05, 0.1) is 16.8 Å². The summed E-state index contributed by atoms with van der Waals surface area (Å²) in [5, 5.41) is -0.179. The van der Waals surface area contributed by atoms with Crippen molar-refractivity contribution in [3.8, 4) is 0 Å². The highest BCUT2D eigenvalue weighted by Crippen LogP contribution is 2.78. The Bertz CT molecular complexity index is 847. The summed E-state index contributed by atoms with van der Waals surface area (Å²) in [6.45, 7) is 1.36. The van der Waals surface area contributed by atoms with Crippen LogP contribution in [0.4, 0.5) is 22.0 Å². The third kappa shape index (κ3) is 1.90. The van der Waals surface area contributed by atoms with Crippen LogP contribution in [0.1, 0.15) is 42.8 Å². The van der Waals surface area contributed by atoms with Crippen LogP contribution in [0.3, 0.4) is 0 Å². The Morgan fingerprint density at radius 1 is 1.04 bits per heavy atom. The molecule has 0 unspecified atom stereocenters. The van der Waals surface area contributed by atoms with Gasteiger partial charge < -0.3 is 0 Å². The number of fused-ring (bicyclic) bond motifs is 1. The molecule has 0 radical (unpaired) electrons. The van der Waals surface area contributed by atoms with Crippen molar-refractivity contribution in [2.24, 2.45) is 5.41 Å². The Kier molecular flexibility index (Phi) is 2.97. The SMILES string of the molecule is Cc1nc2nc(Cl)nc(C34CC(C(F)(F)F)(C3)C4)c2nc1C(F)F. The van der Waals surface area contributed by atoms with Crippen LogP contribution in [0, 0.1) is 12.3 Å². The number of aryl methyl sites for hydroxylation is 1. The molecule has 5 rings (SSSR count). The quantitative estimate of drug-likeness (QED) is 0.589. The summed E-state index contributed by atoms with van der Waals surface area (Å²) in [4.78, 5) is 15.8. The summed E-state index contributed by atoms with van der Waals surface area (Å²) in [6.07, 6.45) is -7.53. The molecule has 2 aromatic heterocycles. The van der Waals surface area contributed by atoms with E-state index in [9.17, 15) is 22.0 Å². The standard InChI is InChI=1S/C14H10ClF5N4/c1-5-6(9(16)17)22-7-8(23-11(15)24-10(7)21-5)12-2-13(3-12,4-12)14(18,19)20/h9H,2-4H2,1H3. The third-order valence-electron chi connectivity index (χ3n) is 5.06. The van der Waals surface area contributed by atoms with Gasteiger partial charge in [0.15, 0.2) is 5.65 Å². The van der Waals surface area contributed by atoms with Crippen molar-refractivity contribution in [1.82, 2.24) is 19.9 Å². The Morgan fingerprint density at radius 2 is 1.67 bits per heavy atom. The average Bonchev–Trinajstić information content (AvgIpc) is 2.31. The van der Waals surface area contributed by atoms with E-state index in [2.05, 4.69) is 19.9 Å². The maximum absolute atomic E-state index is 13.1. The van der Waals surface area contributed by atoms with Crippen molar-refractivity contribution < 1.29 is 22.0 Å². The number of hydrogen-bond donors (Lipinski definition) is 0. The average molecular weight is 365 g/mol. The monoisotopic (exact) mass is 364 g/mol. The molecule has 2 bridgehead atoms. The number of hydrogen-bond acceptors (Lipinski definition) is 4. The van der Waals surface area contributed by atoms with Gasteiger partial charge in [0.1, 0.15) is 11.2 Å². The maximum Gasteiger partial charge on any atom is 0.394 e. The van der Waals surface area contributed by atoms with Gasteiger partial charge in [-0.25, -0.2) is 23.7 Å². The molecular formula is C14H10ClF5N4. The molecule has 0 amide bonds. The van der Waals surface area contributed by atoms with Crippen molar-refractivity contribution in [2.75, 3.05) is 0 Å². The lowest BCUT2D eigenvalue weighted by Crippen LogP contribution is -2.70. The summed E-state index contributed by atoms with van der Waals surface area (Å²) in [5.74, 6) is 0. The first-order chi connectivity index (χ1) is 11.1. The molecule has 10 heteroatoms. The predicted molar refractivity (Wildman–Crippen MR) is 73.8 cm³/mol. The highest BCUT2D eigenvalue weighted by Gasteiger charge is 2.79. The van der Waals surface area contributed by atoms with Crippen LogP contribution in [0.5, 0.6) is 0 Å². The Balaban J connectivity index is 1.84. The number of halogens is 6. The molecule has 0 N–H and O–H groups in total. The smallest absolute Gasteiger partial charge is 0.240 e. The summed E-state index contributed by atoms with van der Waals surface area (Å²) in [6, 6.07) is 0. The highest BCUT2D eigenvalue weighted by atomic mass is 35.5. The van der Waals surface area contributed by atoms with E-state index < -0.39 is 29.1 Å². The van der Waals surface area contributed by atoms with Gasteiger partial charge >= 0.3 is 6.18 Å². The van der Waals surface area contributed by atoms with Gasteiger partial charge in [-0.1, -0.05) is 0 Å². The minimum absolute atomic E-state index is 0.00238. The molecule has 0 saturated heterocycles. The first kappa shape index (κ1) is 15.9. The van der Waals surface area contributed by atoms with E-state index in [1.54, 1.807) is 0 Å². The van der Waals surface area contributed by atoms with E-state index in [1.165, 1.54) is 6.92 Å². The maximum atomic E-state index is 13.1. The summed E-state index contributed by atoms with van der Waals surface area (Å²) in [7, 11) is 0.